The van der Waals surface area contributed by atoms with Crippen LogP contribution in [0, 0.1) is 5.82 Å². The molecular formula is C13H11ClFN3O. The monoisotopic (exact) mass is 279 g/mol. The molecule has 0 saturated heterocycles. The van der Waals surface area contributed by atoms with E-state index in [1.807, 2.05) is 6.07 Å². The van der Waals surface area contributed by atoms with Crippen molar-refractivity contribution < 1.29 is 4.39 Å². The van der Waals surface area contributed by atoms with Crippen LogP contribution < -0.4 is 10.9 Å². The molecule has 0 radical (unpaired) electrons. The largest absolute Gasteiger partial charge is 0.376 e. The molecule has 1 atom stereocenters. The standard InChI is InChI=1S/C13H11ClFN3O/c14-12-11(6-16-18-13(12)19)17-10-5-4-7-8(10)2-1-3-9(7)15/h1-3,6,10H,4-5H2,(H2,17,18,19). The Balaban J connectivity index is 1.93. The summed E-state index contributed by atoms with van der Waals surface area (Å²) in [5.74, 6) is -0.183. The van der Waals surface area contributed by atoms with Gasteiger partial charge in [-0.05, 0) is 30.0 Å². The number of hydrogen-bond donors (Lipinski definition) is 2. The number of nitrogens with one attached hydrogen (secondary N) is 2. The van der Waals surface area contributed by atoms with Gasteiger partial charge in [-0.3, -0.25) is 4.79 Å². The van der Waals surface area contributed by atoms with E-state index in [1.165, 1.54) is 12.3 Å². The molecule has 2 aromatic rings. The van der Waals surface area contributed by atoms with Crippen molar-refractivity contribution in [3.8, 4) is 0 Å². The van der Waals surface area contributed by atoms with Crippen LogP contribution in [-0.4, -0.2) is 10.2 Å². The predicted molar refractivity (Wildman–Crippen MR) is 71.0 cm³/mol. The summed E-state index contributed by atoms with van der Waals surface area (Å²) in [6.45, 7) is 0. The van der Waals surface area contributed by atoms with Gasteiger partial charge < -0.3 is 5.32 Å². The molecule has 1 heterocycles. The topological polar surface area (TPSA) is 57.8 Å². The summed E-state index contributed by atoms with van der Waals surface area (Å²) >= 11 is 5.91. The van der Waals surface area contributed by atoms with E-state index >= 15 is 0 Å². The lowest BCUT2D eigenvalue weighted by Gasteiger charge is -2.15. The van der Waals surface area contributed by atoms with Crippen molar-refractivity contribution in [2.75, 3.05) is 5.32 Å². The van der Waals surface area contributed by atoms with Crippen LogP contribution in [-0.2, 0) is 6.42 Å². The van der Waals surface area contributed by atoms with Crippen LogP contribution in [0.4, 0.5) is 10.1 Å². The first-order valence-electron chi connectivity index (χ1n) is 5.94. The number of rotatable bonds is 2. The van der Waals surface area contributed by atoms with Crippen molar-refractivity contribution in [1.82, 2.24) is 10.2 Å². The third-order valence-corrected chi connectivity index (χ3v) is 3.71. The smallest absolute Gasteiger partial charge is 0.285 e. The first-order chi connectivity index (χ1) is 9.16. The normalized spacial score (nSPS) is 17.3. The SMILES string of the molecule is O=c1[nH]ncc(NC2CCc3c(F)cccc32)c1Cl. The van der Waals surface area contributed by atoms with Crippen molar-refractivity contribution in [3.63, 3.8) is 0 Å². The number of aromatic nitrogens is 2. The van der Waals surface area contributed by atoms with Crippen LogP contribution in [0.25, 0.3) is 0 Å². The maximum absolute atomic E-state index is 13.6. The lowest BCUT2D eigenvalue weighted by atomic mass is 10.1. The van der Waals surface area contributed by atoms with E-state index < -0.39 is 5.56 Å². The molecule has 1 aromatic carbocycles. The molecule has 1 aliphatic carbocycles. The molecule has 19 heavy (non-hydrogen) atoms. The number of anilines is 1. The van der Waals surface area contributed by atoms with Crippen molar-refractivity contribution in [1.29, 1.82) is 0 Å². The molecule has 2 N–H and O–H groups in total. The Bertz CT molecular complexity index is 686. The Morgan fingerprint density at radius 3 is 3.16 bits per heavy atom. The van der Waals surface area contributed by atoms with Gasteiger partial charge in [0.1, 0.15) is 10.8 Å². The Morgan fingerprint density at radius 1 is 1.47 bits per heavy atom. The summed E-state index contributed by atoms with van der Waals surface area (Å²) in [6, 6.07) is 4.98. The minimum atomic E-state index is -0.441. The molecule has 1 aromatic heterocycles. The van der Waals surface area contributed by atoms with Crippen molar-refractivity contribution >= 4 is 17.3 Å². The second-order valence-corrected chi connectivity index (χ2v) is 4.85. The van der Waals surface area contributed by atoms with E-state index in [9.17, 15) is 9.18 Å². The minimum absolute atomic E-state index is 0.0493. The zero-order valence-electron chi connectivity index (χ0n) is 9.91. The zero-order valence-corrected chi connectivity index (χ0v) is 10.7. The number of benzene rings is 1. The van der Waals surface area contributed by atoms with Crippen LogP contribution in [0.3, 0.4) is 0 Å². The lowest BCUT2D eigenvalue weighted by Crippen LogP contribution is -2.14. The molecule has 98 valence electrons. The van der Waals surface area contributed by atoms with Crippen LogP contribution in [0.15, 0.2) is 29.2 Å². The molecule has 0 aliphatic heterocycles. The maximum atomic E-state index is 13.6. The second-order valence-electron chi connectivity index (χ2n) is 4.47. The number of H-pyrrole nitrogens is 1. The molecule has 0 bridgehead atoms. The van der Waals surface area contributed by atoms with E-state index in [0.717, 1.165) is 17.5 Å². The number of aromatic amines is 1. The van der Waals surface area contributed by atoms with Gasteiger partial charge in [0.05, 0.1) is 17.9 Å². The predicted octanol–water partition coefficient (Wildman–Crippen LogP) is 2.66. The number of halogens is 2. The van der Waals surface area contributed by atoms with Crippen LogP contribution >= 0.6 is 11.6 Å². The molecule has 1 unspecified atom stereocenters. The van der Waals surface area contributed by atoms with Crippen LogP contribution in [0.1, 0.15) is 23.6 Å². The first-order valence-corrected chi connectivity index (χ1v) is 6.31. The molecule has 0 amide bonds. The zero-order chi connectivity index (χ0) is 13.4. The Morgan fingerprint density at radius 2 is 2.32 bits per heavy atom. The van der Waals surface area contributed by atoms with Crippen molar-refractivity contribution in [2.24, 2.45) is 0 Å². The van der Waals surface area contributed by atoms with Gasteiger partial charge in [-0.15, -0.1) is 0 Å². The number of nitrogens with zero attached hydrogens (tertiary/aromatic N) is 1. The molecule has 6 heteroatoms. The maximum Gasteiger partial charge on any atom is 0.285 e. The van der Waals surface area contributed by atoms with Crippen LogP contribution in [0.2, 0.25) is 5.02 Å². The number of hydrogen-bond acceptors (Lipinski definition) is 3. The van der Waals surface area contributed by atoms with Crippen molar-refractivity contribution in [3.05, 3.63) is 56.7 Å². The summed E-state index contributed by atoms with van der Waals surface area (Å²) in [4.78, 5) is 11.4. The highest BCUT2D eigenvalue weighted by molar-refractivity contribution is 6.32. The van der Waals surface area contributed by atoms with Gasteiger partial charge in [-0.1, -0.05) is 23.7 Å². The van der Waals surface area contributed by atoms with E-state index in [1.54, 1.807) is 6.07 Å². The summed E-state index contributed by atoms with van der Waals surface area (Å²) < 4.78 is 13.6. The van der Waals surface area contributed by atoms with E-state index in [4.69, 9.17) is 11.6 Å². The van der Waals surface area contributed by atoms with Gasteiger partial charge in [-0.2, -0.15) is 5.10 Å². The van der Waals surface area contributed by atoms with Gasteiger partial charge in [0.25, 0.3) is 5.56 Å². The van der Waals surface area contributed by atoms with E-state index in [2.05, 4.69) is 15.5 Å². The van der Waals surface area contributed by atoms with Gasteiger partial charge in [0, 0.05) is 0 Å². The third-order valence-electron chi connectivity index (χ3n) is 3.34. The molecule has 3 rings (SSSR count). The molecule has 0 spiro atoms. The Kier molecular flexibility index (Phi) is 2.98. The molecule has 1 aliphatic rings. The van der Waals surface area contributed by atoms with Gasteiger partial charge >= 0.3 is 0 Å². The molecule has 0 saturated carbocycles. The van der Waals surface area contributed by atoms with Gasteiger partial charge in [0.2, 0.25) is 0 Å². The minimum Gasteiger partial charge on any atom is -0.376 e. The van der Waals surface area contributed by atoms with Gasteiger partial charge in [-0.25, -0.2) is 9.49 Å². The lowest BCUT2D eigenvalue weighted by molar-refractivity contribution is 0.612. The molecule has 4 nitrogen and oxygen atoms in total. The summed E-state index contributed by atoms with van der Waals surface area (Å²) in [5, 5.41) is 9.18. The summed E-state index contributed by atoms with van der Waals surface area (Å²) in [7, 11) is 0. The van der Waals surface area contributed by atoms with Crippen LogP contribution in [0.5, 0.6) is 0 Å². The average Bonchev–Trinajstić information content (AvgIpc) is 2.80. The highest BCUT2D eigenvalue weighted by atomic mass is 35.5. The third kappa shape index (κ3) is 2.10. The Labute approximate surface area is 113 Å². The fourth-order valence-corrected chi connectivity index (χ4v) is 2.58. The fourth-order valence-electron chi connectivity index (χ4n) is 2.43. The quantitative estimate of drug-likeness (QED) is 0.888. The van der Waals surface area contributed by atoms with E-state index in [-0.39, 0.29) is 16.9 Å². The molecule has 0 fully saturated rings. The summed E-state index contributed by atoms with van der Waals surface area (Å²) in [6.07, 6.45) is 2.90. The molecular weight excluding hydrogens is 269 g/mol. The second kappa shape index (κ2) is 4.66. The van der Waals surface area contributed by atoms with Crippen molar-refractivity contribution in [2.45, 2.75) is 18.9 Å². The highest BCUT2D eigenvalue weighted by Gasteiger charge is 2.25. The highest BCUT2D eigenvalue weighted by Crippen LogP contribution is 2.35. The fraction of sp³-hybridized carbons (Fsp3) is 0.231. The summed E-state index contributed by atoms with van der Waals surface area (Å²) in [5.41, 5.74) is 1.67. The average molecular weight is 280 g/mol. The number of fused-ring (bicyclic) bond motifs is 1. The Hall–Kier alpha value is -1.88. The van der Waals surface area contributed by atoms with Gasteiger partial charge in [0.15, 0.2) is 0 Å². The van der Waals surface area contributed by atoms with E-state index in [0.29, 0.717) is 12.1 Å². The first kappa shape index (κ1) is 12.2.